The second-order valence-corrected chi connectivity index (χ2v) is 7.21. The SMILES string of the molecule is O=C(CN(CCCCO)C1CC1)Nc1nc(-c2ccc(F)c(F)c2)cs1. The fourth-order valence-electron chi connectivity index (χ4n) is 2.72. The minimum atomic E-state index is -0.927. The highest BCUT2D eigenvalue weighted by atomic mass is 32.1. The standard InChI is InChI=1S/C18H21F2N3O2S/c19-14-6-3-12(9-15(14)20)16-11-26-18(21-16)22-17(25)10-23(13-4-5-13)7-1-2-8-24/h3,6,9,11,13,24H,1-2,4-5,7-8,10H2,(H,21,22,25). The number of hydrogen-bond donors (Lipinski definition) is 2. The van der Waals surface area contributed by atoms with Crippen molar-refractivity contribution in [1.82, 2.24) is 9.88 Å². The van der Waals surface area contributed by atoms with Crippen LogP contribution in [0.15, 0.2) is 23.6 Å². The zero-order chi connectivity index (χ0) is 18.5. The van der Waals surface area contributed by atoms with E-state index >= 15 is 0 Å². The van der Waals surface area contributed by atoms with E-state index in [1.54, 1.807) is 5.38 Å². The zero-order valence-electron chi connectivity index (χ0n) is 14.3. The molecule has 3 rings (SSSR count). The number of carbonyl (C=O) groups is 1. The van der Waals surface area contributed by atoms with Crippen LogP contribution in [0, 0.1) is 11.6 Å². The van der Waals surface area contributed by atoms with Crippen LogP contribution in [0.1, 0.15) is 25.7 Å². The van der Waals surface area contributed by atoms with Gasteiger partial charge in [0.15, 0.2) is 16.8 Å². The molecule has 2 aromatic rings. The first-order chi connectivity index (χ1) is 12.6. The number of aromatic nitrogens is 1. The average molecular weight is 381 g/mol. The Kier molecular flexibility index (Phi) is 6.29. The number of rotatable bonds is 9. The van der Waals surface area contributed by atoms with Crippen LogP contribution >= 0.6 is 11.3 Å². The van der Waals surface area contributed by atoms with Crippen LogP contribution in [0.25, 0.3) is 11.3 Å². The lowest BCUT2D eigenvalue weighted by Crippen LogP contribution is -2.35. The summed E-state index contributed by atoms with van der Waals surface area (Å²) in [6, 6.07) is 4.05. The fourth-order valence-corrected chi connectivity index (χ4v) is 3.46. The maximum absolute atomic E-state index is 13.3. The lowest BCUT2D eigenvalue weighted by Gasteiger charge is -2.20. The number of benzene rings is 1. The van der Waals surface area contributed by atoms with Gasteiger partial charge in [-0.2, -0.15) is 0 Å². The Hall–Kier alpha value is -1.90. The molecule has 0 spiro atoms. The smallest absolute Gasteiger partial charge is 0.240 e. The highest BCUT2D eigenvalue weighted by Gasteiger charge is 2.29. The molecule has 2 N–H and O–H groups in total. The van der Waals surface area contributed by atoms with Gasteiger partial charge < -0.3 is 10.4 Å². The van der Waals surface area contributed by atoms with Gasteiger partial charge in [0.1, 0.15) is 0 Å². The summed E-state index contributed by atoms with van der Waals surface area (Å²) < 4.78 is 26.4. The highest BCUT2D eigenvalue weighted by Crippen LogP contribution is 2.28. The van der Waals surface area contributed by atoms with E-state index in [0.29, 0.717) is 22.4 Å². The molecule has 1 aliphatic rings. The third-order valence-corrected chi connectivity index (χ3v) is 4.99. The van der Waals surface area contributed by atoms with Gasteiger partial charge in [0.2, 0.25) is 5.91 Å². The number of anilines is 1. The predicted octanol–water partition coefficient (Wildman–Crippen LogP) is 3.26. The second-order valence-electron chi connectivity index (χ2n) is 6.35. The van der Waals surface area contributed by atoms with Gasteiger partial charge >= 0.3 is 0 Å². The van der Waals surface area contributed by atoms with Crippen LogP contribution in [0.5, 0.6) is 0 Å². The van der Waals surface area contributed by atoms with Crippen molar-refractivity contribution in [3.05, 3.63) is 35.2 Å². The number of unbranched alkanes of at least 4 members (excludes halogenated alkanes) is 1. The third-order valence-electron chi connectivity index (χ3n) is 4.23. The first-order valence-corrected chi connectivity index (χ1v) is 9.50. The number of hydrogen-bond acceptors (Lipinski definition) is 5. The molecule has 1 aromatic carbocycles. The van der Waals surface area contributed by atoms with E-state index in [2.05, 4.69) is 15.2 Å². The van der Waals surface area contributed by atoms with E-state index in [0.717, 1.165) is 44.4 Å². The van der Waals surface area contributed by atoms with E-state index in [1.165, 1.54) is 17.4 Å². The van der Waals surface area contributed by atoms with Gasteiger partial charge in [-0.15, -0.1) is 11.3 Å². The van der Waals surface area contributed by atoms with Crippen LogP contribution in [-0.2, 0) is 4.79 Å². The number of aliphatic hydroxyl groups is 1. The molecule has 0 bridgehead atoms. The van der Waals surface area contributed by atoms with Gasteiger partial charge in [-0.25, -0.2) is 13.8 Å². The molecule has 140 valence electrons. The van der Waals surface area contributed by atoms with Crippen molar-refractivity contribution in [1.29, 1.82) is 0 Å². The number of nitrogens with one attached hydrogen (secondary N) is 1. The molecule has 1 heterocycles. The second kappa shape index (κ2) is 8.66. The molecule has 1 amide bonds. The van der Waals surface area contributed by atoms with Crippen molar-refractivity contribution in [3.8, 4) is 11.3 Å². The minimum absolute atomic E-state index is 0.146. The van der Waals surface area contributed by atoms with Gasteiger partial charge in [0, 0.05) is 23.6 Å². The Morgan fingerprint density at radius 2 is 2.12 bits per heavy atom. The molecule has 1 aromatic heterocycles. The Bertz CT molecular complexity index is 765. The maximum Gasteiger partial charge on any atom is 0.240 e. The molecule has 0 aliphatic heterocycles. The lowest BCUT2D eigenvalue weighted by atomic mass is 10.2. The Labute approximate surface area is 154 Å². The summed E-state index contributed by atoms with van der Waals surface area (Å²) in [5.41, 5.74) is 0.954. The molecule has 8 heteroatoms. The van der Waals surface area contributed by atoms with E-state index in [9.17, 15) is 13.6 Å². The number of aliphatic hydroxyl groups excluding tert-OH is 1. The molecule has 0 saturated heterocycles. The highest BCUT2D eigenvalue weighted by molar-refractivity contribution is 7.14. The maximum atomic E-state index is 13.3. The number of thiazole rings is 1. The van der Waals surface area contributed by atoms with Crippen LogP contribution in [-0.4, -0.2) is 46.6 Å². The molecule has 1 fully saturated rings. The number of carbonyl (C=O) groups excluding carboxylic acids is 1. The summed E-state index contributed by atoms with van der Waals surface area (Å²) in [4.78, 5) is 18.7. The van der Waals surface area contributed by atoms with Crippen molar-refractivity contribution < 1.29 is 18.7 Å². The first-order valence-electron chi connectivity index (χ1n) is 8.62. The number of nitrogens with zero attached hydrogens (tertiary/aromatic N) is 2. The molecular formula is C18H21F2N3O2S. The topological polar surface area (TPSA) is 65.5 Å². The normalized spacial score (nSPS) is 14.0. The van der Waals surface area contributed by atoms with E-state index < -0.39 is 11.6 Å². The van der Waals surface area contributed by atoms with Crippen LogP contribution in [0.4, 0.5) is 13.9 Å². The number of amides is 1. The predicted molar refractivity (Wildman–Crippen MR) is 97.0 cm³/mol. The summed E-state index contributed by atoms with van der Waals surface area (Å²) in [6.07, 6.45) is 3.79. The van der Waals surface area contributed by atoms with Gasteiger partial charge in [-0.3, -0.25) is 9.69 Å². The van der Waals surface area contributed by atoms with Crippen molar-refractivity contribution in [2.75, 3.05) is 25.0 Å². The molecule has 5 nitrogen and oxygen atoms in total. The summed E-state index contributed by atoms with van der Waals surface area (Å²) in [5.74, 6) is -1.98. The van der Waals surface area contributed by atoms with Crippen molar-refractivity contribution >= 4 is 22.4 Å². The molecule has 0 atom stereocenters. The summed E-state index contributed by atoms with van der Waals surface area (Å²) in [7, 11) is 0. The monoisotopic (exact) mass is 381 g/mol. The Morgan fingerprint density at radius 1 is 1.31 bits per heavy atom. The van der Waals surface area contributed by atoms with E-state index in [4.69, 9.17) is 5.11 Å². The quantitative estimate of drug-likeness (QED) is 0.655. The van der Waals surface area contributed by atoms with E-state index in [-0.39, 0.29) is 19.1 Å². The third kappa shape index (κ3) is 5.06. The molecule has 26 heavy (non-hydrogen) atoms. The largest absolute Gasteiger partial charge is 0.396 e. The summed E-state index contributed by atoms with van der Waals surface area (Å²) in [5, 5.41) is 13.8. The molecule has 0 radical (unpaired) electrons. The van der Waals surface area contributed by atoms with Crippen LogP contribution in [0.3, 0.4) is 0 Å². The summed E-state index contributed by atoms with van der Waals surface area (Å²) in [6.45, 7) is 1.24. The molecular weight excluding hydrogens is 360 g/mol. The van der Waals surface area contributed by atoms with E-state index in [1.807, 2.05) is 0 Å². The van der Waals surface area contributed by atoms with Gasteiger partial charge in [-0.1, -0.05) is 0 Å². The Balaban J connectivity index is 1.57. The van der Waals surface area contributed by atoms with Crippen LogP contribution in [0.2, 0.25) is 0 Å². The average Bonchev–Trinajstić information content (AvgIpc) is 3.36. The molecule has 0 unspecified atom stereocenters. The summed E-state index contributed by atoms with van der Waals surface area (Å²) >= 11 is 1.24. The first kappa shape index (κ1) is 18.9. The van der Waals surface area contributed by atoms with Crippen molar-refractivity contribution in [2.24, 2.45) is 0 Å². The fraction of sp³-hybridized carbons (Fsp3) is 0.444. The van der Waals surface area contributed by atoms with Crippen LogP contribution < -0.4 is 5.32 Å². The molecule has 1 aliphatic carbocycles. The Morgan fingerprint density at radius 3 is 2.81 bits per heavy atom. The number of halogens is 2. The van der Waals surface area contributed by atoms with Gasteiger partial charge in [-0.05, 0) is 50.4 Å². The van der Waals surface area contributed by atoms with Gasteiger partial charge in [0.25, 0.3) is 0 Å². The van der Waals surface area contributed by atoms with Crippen molar-refractivity contribution in [3.63, 3.8) is 0 Å². The zero-order valence-corrected chi connectivity index (χ0v) is 15.1. The lowest BCUT2D eigenvalue weighted by molar-refractivity contribution is -0.117. The van der Waals surface area contributed by atoms with Gasteiger partial charge in [0.05, 0.1) is 12.2 Å². The minimum Gasteiger partial charge on any atom is -0.396 e. The molecule has 1 saturated carbocycles. The van der Waals surface area contributed by atoms with Crippen molar-refractivity contribution in [2.45, 2.75) is 31.7 Å².